The van der Waals surface area contributed by atoms with Gasteiger partial charge in [0.15, 0.2) is 5.57 Å². The summed E-state index contributed by atoms with van der Waals surface area (Å²) in [5, 5.41) is 0. The van der Waals surface area contributed by atoms with Crippen molar-refractivity contribution in [2.24, 2.45) is 0 Å². The van der Waals surface area contributed by atoms with Gasteiger partial charge in [0.1, 0.15) is 0 Å². The zero-order chi connectivity index (χ0) is 13.9. The molecule has 0 N–H and O–H groups in total. The van der Waals surface area contributed by atoms with E-state index in [0.717, 1.165) is 4.90 Å². The molecule has 0 atom stereocenters. The Morgan fingerprint density at radius 1 is 0.824 bits per heavy atom. The van der Waals surface area contributed by atoms with Crippen LogP contribution in [-0.4, -0.2) is 30.3 Å². The van der Waals surface area contributed by atoms with E-state index in [0.29, 0.717) is 0 Å². The molecule has 0 saturated heterocycles. The van der Waals surface area contributed by atoms with Gasteiger partial charge in [-0.3, -0.25) is 0 Å². The van der Waals surface area contributed by atoms with E-state index in [9.17, 15) is 26.3 Å². The lowest BCUT2D eigenvalue weighted by atomic mass is 10.1. The molecule has 0 aliphatic carbocycles. The second kappa shape index (κ2) is 5.64. The van der Waals surface area contributed by atoms with Crippen LogP contribution < -0.4 is 0 Å². The van der Waals surface area contributed by atoms with E-state index in [4.69, 9.17) is 0 Å². The van der Waals surface area contributed by atoms with Crippen LogP contribution in [0.15, 0.2) is 11.3 Å². The van der Waals surface area contributed by atoms with Crippen LogP contribution in [0.25, 0.3) is 0 Å². The Bertz CT molecular complexity index is 256. The first-order valence-electron chi connectivity index (χ1n) is 5.21. The highest BCUT2D eigenvalue weighted by Gasteiger charge is 2.53. The van der Waals surface area contributed by atoms with Crippen molar-refractivity contribution in [3.05, 3.63) is 11.3 Å². The van der Waals surface area contributed by atoms with Crippen LogP contribution in [0.5, 0.6) is 0 Å². The molecular formula is C10H15F6N. The Kier molecular flexibility index (Phi) is 5.35. The number of allylic oxidation sites excluding steroid dienone is 2. The van der Waals surface area contributed by atoms with Crippen LogP contribution in [0, 0.1) is 0 Å². The molecule has 1 nitrogen and oxygen atoms in total. The van der Waals surface area contributed by atoms with Crippen LogP contribution in [0.2, 0.25) is 0 Å². The van der Waals surface area contributed by atoms with E-state index < -0.39 is 23.6 Å². The molecule has 0 bridgehead atoms. The lowest BCUT2D eigenvalue weighted by Gasteiger charge is -2.28. The minimum Gasteiger partial charge on any atom is -0.375 e. The second-order valence-electron chi connectivity index (χ2n) is 3.34. The van der Waals surface area contributed by atoms with Crippen molar-refractivity contribution < 1.29 is 26.3 Å². The highest BCUT2D eigenvalue weighted by molar-refractivity contribution is 5.23. The Hall–Kier alpha value is -0.880. The van der Waals surface area contributed by atoms with Crippen LogP contribution in [0.4, 0.5) is 26.3 Å². The summed E-state index contributed by atoms with van der Waals surface area (Å²) in [6.07, 6.45) is -11.1. The lowest BCUT2D eigenvalue weighted by molar-refractivity contribution is -0.174. The van der Waals surface area contributed by atoms with Gasteiger partial charge < -0.3 is 4.90 Å². The number of hydrogen-bond donors (Lipinski definition) is 0. The fourth-order valence-corrected chi connectivity index (χ4v) is 1.65. The molecule has 0 radical (unpaired) electrons. The number of hydrogen-bond acceptors (Lipinski definition) is 1. The third-order valence-electron chi connectivity index (χ3n) is 2.34. The van der Waals surface area contributed by atoms with Crippen molar-refractivity contribution in [1.29, 1.82) is 0 Å². The Balaban J connectivity index is 5.79. The molecule has 0 aromatic rings. The topological polar surface area (TPSA) is 3.24 Å². The van der Waals surface area contributed by atoms with Gasteiger partial charge in [-0.25, -0.2) is 0 Å². The summed E-state index contributed by atoms with van der Waals surface area (Å²) >= 11 is 0. The molecule has 0 fully saturated rings. The predicted octanol–water partition coefficient (Wildman–Crippen LogP) is 4.12. The van der Waals surface area contributed by atoms with Gasteiger partial charge >= 0.3 is 12.4 Å². The van der Waals surface area contributed by atoms with Gasteiger partial charge in [0.25, 0.3) is 0 Å². The average molecular weight is 263 g/mol. The van der Waals surface area contributed by atoms with Crippen molar-refractivity contribution in [3.63, 3.8) is 0 Å². The minimum absolute atomic E-state index is 0.106. The van der Waals surface area contributed by atoms with E-state index in [2.05, 4.69) is 0 Å². The fraction of sp³-hybridized carbons (Fsp3) is 0.800. The molecule has 0 amide bonds. The maximum atomic E-state index is 12.5. The molecule has 0 heterocycles. The fourth-order valence-electron chi connectivity index (χ4n) is 1.65. The zero-order valence-electron chi connectivity index (χ0n) is 9.84. The highest BCUT2D eigenvalue weighted by atomic mass is 19.4. The third-order valence-corrected chi connectivity index (χ3v) is 2.34. The molecule has 0 unspecified atom stereocenters. The van der Waals surface area contributed by atoms with E-state index in [1.165, 1.54) is 20.8 Å². The quantitative estimate of drug-likeness (QED) is 0.690. The van der Waals surface area contributed by atoms with Crippen molar-refractivity contribution in [3.8, 4) is 0 Å². The van der Waals surface area contributed by atoms with Gasteiger partial charge in [0, 0.05) is 18.8 Å². The van der Waals surface area contributed by atoms with Crippen LogP contribution >= 0.6 is 0 Å². The largest absolute Gasteiger partial charge is 0.423 e. The molecule has 0 rings (SSSR count). The standard InChI is InChI=1S/C10H15F6N/c1-4-7(17(5-2)6-3)8(9(11,12)13)10(14,15)16/h4-6H2,1-3H3. The second-order valence-corrected chi connectivity index (χ2v) is 3.34. The zero-order valence-corrected chi connectivity index (χ0v) is 9.84. The molecule has 0 spiro atoms. The van der Waals surface area contributed by atoms with E-state index in [-0.39, 0.29) is 19.5 Å². The minimum atomic E-state index is -5.38. The van der Waals surface area contributed by atoms with E-state index in [1.54, 1.807) is 0 Å². The van der Waals surface area contributed by atoms with Gasteiger partial charge in [-0.1, -0.05) is 6.92 Å². The molecule has 0 aromatic heterocycles. The Labute approximate surface area is 96.1 Å². The molecule has 7 heteroatoms. The molecule has 0 saturated carbocycles. The summed E-state index contributed by atoms with van der Waals surface area (Å²) in [5.41, 5.74) is -3.09. The van der Waals surface area contributed by atoms with E-state index in [1.807, 2.05) is 0 Å². The highest BCUT2D eigenvalue weighted by Crippen LogP contribution is 2.42. The van der Waals surface area contributed by atoms with Gasteiger partial charge in [-0.15, -0.1) is 0 Å². The van der Waals surface area contributed by atoms with Gasteiger partial charge in [-0.05, 0) is 20.3 Å². The maximum Gasteiger partial charge on any atom is 0.423 e. The summed E-state index contributed by atoms with van der Waals surface area (Å²) in [5.74, 6) is 0. The van der Waals surface area contributed by atoms with Gasteiger partial charge in [0.2, 0.25) is 0 Å². The normalized spacial score (nSPS) is 12.5. The number of alkyl halides is 6. The van der Waals surface area contributed by atoms with Crippen molar-refractivity contribution >= 4 is 0 Å². The average Bonchev–Trinajstić information content (AvgIpc) is 2.13. The lowest BCUT2D eigenvalue weighted by Crippen LogP contribution is -2.34. The first kappa shape index (κ1) is 16.1. The molecule has 102 valence electrons. The number of nitrogens with zero attached hydrogens (tertiary/aromatic N) is 1. The molecule has 0 aliphatic heterocycles. The van der Waals surface area contributed by atoms with Crippen LogP contribution in [-0.2, 0) is 0 Å². The smallest absolute Gasteiger partial charge is 0.375 e. The molecule has 17 heavy (non-hydrogen) atoms. The maximum absolute atomic E-state index is 12.5. The van der Waals surface area contributed by atoms with Gasteiger partial charge in [-0.2, -0.15) is 26.3 Å². The molecule has 0 aliphatic rings. The van der Waals surface area contributed by atoms with Gasteiger partial charge in [0.05, 0.1) is 0 Å². The number of halogens is 6. The van der Waals surface area contributed by atoms with Crippen molar-refractivity contribution in [2.75, 3.05) is 13.1 Å². The predicted molar refractivity (Wildman–Crippen MR) is 52.3 cm³/mol. The summed E-state index contributed by atoms with van der Waals surface area (Å²) in [6.45, 7) is 4.53. The third kappa shape index (κ3) is 4.12. The SMILES string of the molecule is CCC(=C(C(F)(F)F)C(F)(F)F)N(CC)CC. The van der Waals surface area contributed by atoms with Crippen LogP contribution in [0.3, 0.4) is 0 Å². The molecule has 0 aromatic carbocycles. The summed E-state index contributed by atoms with van der Waals surface area (Å²) in [6, 6.07) is 0. The van der Waals surface area contributed by atoms with Crippen molar-refractivity contribution in [2.45, 2.75) is 39.5 Å². The molecular weight excluding hydrogens is 248 g/mol. The number of rotatable bonds is 4. The summed E-state index contributed by atoms with van der Waals surface area (Å²) < 4.78 is 74.9. The first-order valence-corrected chi connectivity index (χ1v) is 5.21. The monoisotopic (exact) mass is 263 g/mol. The van der Waals surface area contributed by atoms with E-state index >= 15 is 0 Å². The summed E-state index contributed by atoms with van der Waals surface area (Å²) in [7, 11) is 0. The first-order chi connectivity index (χ1) is 7.59. The Morgan fingerprint density at radius 2 is 1.18 bits per heavy atom. The Morgan fingerprint density at radius 3 is 1.35 bits per heavy atom. The summed E-state index contributed by atoms with van der Waals surface area (Å²) in [4.78, 5) is 1.08. The van der Waals surface area contributed by atoms with Crippen LogP contribution in [0.1, 0.15) is 27.2 Å². The van der Waals surface area contributed by atoms with Crippen molar-refractivity contribution in [1.82, 2.24) is 4.90 Å².